The maximum atomic E-state index is 10.5. The largest absolute Gasteiger partial charge is 0.481 e. The highest BCUT2D eigenvalue weighted by molar-refractivity contribution is 5.88. The first-order valence-electron chi connectivity index (χ1n) is 4.38. The van der Waals surface area contributed by atoms with Crippen molar-refractivity contribution in [2.45, 2.75) is 6.42 Å². The highest BCUT2D eigenvalue weighted by Crippen LogP contribution is 2.09. The second kappa shape index (κ2) is 4.99. The van der Waals surface area contributed by atoms with Gasteiger partial charge in [0.15, 0.2) is 0 Å². The van der Waals surface area contributed by atoms with E-state index in [1.807, 2.05) is 0 Å². The fourth-order valence-electron chi connectivity index (χ4n) is 1.04. The third-order valence-electron chi connectivity index (χ3n) is 1.80. The van der Waals surface area contributed by atoms with Gasteiger partial charge >= 0.3 is 11.9 Å². The zero-order chi connectivity index (χ0) is 11.3. The van der Waals surface area contributed by atoms with Crippen molar-refractivity contribution in [1.82, 2.24) is 0 Å². The van der Waals surface area contributed by atoms with Crippen LogP contribution < -0.4 is 5.32 Å². The number of carboxylic acid groups (broad SMARTS) is 2. The number of nitrogens with one attached hydrogen (secondary N) is 1. The van der Waals surface area contributed by atoms with Crippen LogP contribution in [0.4, 0.5) is 5.69 Å². The summed E-state index contributed by atoms with van der Waals surface area (Å²) in [5, 5.41) is 19.9. The van der Waals surface area contributed by atoms with Crippen molar-refractivity contribution in [2.24, 2.45) is 0 Å². The summed E-state index contributed by atoms with van der Waals surface area (Å²) >= 11 is 0. The molecule has 0 aliphatic carbocycles. The van der Waals surface area contributed by atoms with Gasteiger partial charge in [0, 0.05) is 12.2 Å². The molecule has 80 valence electrons. The summed E-state index contributed by atoms with van der Waals surface area (Å²) in [6.45, 7) is 0.321. The molecule has 1 aromatic rings. The van der Waals surface area contributed by atoms with E-state index >= 15 is 0 Å². The number of carboxylic acids is 2. The van der Waals surface area contributed by atoms with Crippen LogP contribution in [0, 0.1) is 0 Å². The minimum absolute atomic E-state index is 0.0285. The van der Waals surface area contributed by atoms with Crippen LogP contribution in [0.5, 0.6) is 0 Å². The van der Waals surface area contributed by atoms with E-state index in [0.717, 1.165) is 0 Å². The summed E-state index contributed by atoms with van der Waals surface area (Å²) < 4.78 is 0. The Morgan fingerprint density at radius 1 is 1.13 bits per heavy atom. The molecule has 0 aromatic heterocycles. The van der Waals surface area contributed by atoms with Crippen LogP contribution in [0.25, 0.3) is 0 Å². The molecule has 5 nitrogen and oxygen atoms in total. The molecule has 0 saturated carbocycles. The zero-order valence-corrected chi connectivity index (χ0v) is 7.93. The van der Waals surface area contributed by atoms with E-state index in [0.29, 0.717) is 12.2 Å². The maximum absolute atomic E-state index is 10.5. The minimum atomic E-state index is -0.980. The minimum Gasteiger partial charge on any atom is -0.481 e. The number of hydrogen-bond donors (Lipinski definition) is 3. The Bertz CT molecular complexity index is 358. The molecule has 1 aromatic carbocycles. The first-order chi connectivity index (χ1) is 7.09. The molecular weight excluding hydrogens is 198 g/mol. The van der Waals surface area contributed by atoms with Gasteiger partial charge in [0.05, 0.1) is 12.0 Å². The molecule has 0 aliphatic rings. The molecule has 0 bridgehead atoms. The molecule has 1 rings (SSSR count). The van der Waals surface area contributed by atoms with Gasteiger partial charge in [-0.05, 0) is 24.3 Å². The van der Waals surface area contributed by atoms with E-state index in [1.54, 1.807) is 12.1 Å². The summed E-state index contributed by atoms with van der Waals surface area (Å²) in [5.74, 6) is -1.85. The summed E-state index contributed by atoms with van der Waals surface area (Å²) in [7, 11) is 0. The van der Waals surface area contributed by atoms with Crippen LogP contribution in [0.1, 0.15) is 16.8 Å². The van der Waals surface area contributed by atoms with E-state index in [9.17, 15) is 9.59 Å². The summed E-state index contributed by atoms with van der Waals surface area (Å²) in [6, 6.07) is 6.13. The van der Waals surface area contributed by atoms with Gasteiger partial charge in [0.1, 0.15) is 0 Å². The van der Waals surface area contributed by atoms with E-state index in [-0.39, 0.29) is 12.0 Å². The van der Waals surface area contributed by atoms with E-state index < -0.39 is 11.9 Å². The predicted molar refractivity (Wildman–Crippen MR) is 54.1 cm³/mol. The Morgan fingerprint density at radius 2 is 1.73 bits per heavy atom. The van der Waals surface area contributed by atoms with Gasteiger partial charge in [0.2, 0.25) is 0 Å². The molecular formula is C10H11NO4. The molecule has 0 unspecified atom stereocenters. The third-order valence-corrected chi connectivity index (χ3v) is 1.80. The van der Waals surface area contributed by atoms with Crippen molar-refractivity contribution in [3.05, 3.63) is 29.8 Å². The van der Waals surface area contributed by atoms with Gasteiger partial charge in [-0.3, -0.25) is 4.79 Å². The lowest BCUT2D eigenvalue weighted by Crippen LogP contribution is -2.07. The van der Waals surface area contributed by atoms with Crippen LogP contribution in [-0.4, -0.2) is 28.7 Å². The van der Waals surface area contributed by atoms with E-state index in [1.165, 1.54) is 12.1 Å². The monoisotopic (exact) mass is 209 g/mol. The molecule has 0 atom stereocenters. The number of rotatable bonds is 5. The van der Waals surface area contributed by atoms with Crippen molar-refractivity contribution in [3.8, 4) is 0 Å². The van der Waals surface area contributed by atoms with Crippen molar-refractivity contribution in [1.29, 1.82) is 0 Å². The van der Waals surface area contributed by atoms with Crippen molar-refractivity contribution < 1.29 is 19.8 Å². The molecule has 0 spiro atoms. The lowest BCUT2D eigenvalue weighted by atomic mass is 10.2. The topological polar surface area (TPSA) is 86.6 Å². The Labute approximate surface area is 86.4 Å². The van der Waals surface area contributed by atoms with E-state index in [2.05, 4.69) is 5.32 Å². The Kier molecular flexibility index (Phi) is 3.68. The summed E-state index contributed by atoms with van der Waals surface area (Å²) in [6.07, 6.45) is 0.0285. The average Bonchev–Trinajstić information content (AvgIpc) is 2.18. The Morgan fingerprint density at radius 3 is 2.20 bits per heavy atom. The van der Waals surface area contributed by atoms with Crippen LogP contribution in [0.2, 0.25) is 0 Å². The van der Waals surface area contributed by atoms with Gasteiger partial charge < -0.3 is 15.5 Å². The van der Waals surface area contributed by atoms with Crippen molar-refractivity contribution >= 4 is 17.6 Å². The molecule has 0 aliphatic heterocycles. The number of benzene rings is 1. The van der Waals surface area contributed by atoms with Gasteiger partial charge in [-0.2, -0.15) is 0 Å². The van der Waals surface area contributed by atoms with Gasteiger partial charge in [-0.25, -0.2) is 4.79 Å². The zero-order valence-electron chi connectivity index (χ0n) is 7.93. The van der Waals surface area contributed by atoms with Crippen LogP contribution in [0.3, 0.4) is 0 Å². The van der Waals surface area contributed by atoms with Gasteiger partial charge in [0.25, 0.3) is 0 Å². The van der Waals surface area contributed by atoms with Gasteiger partial charge in [-0.1, -0.05) is 0 Å². The van der Waals surface area contributed by atoms with Crippen LogP contribution in [0.15, 0.2) is 24.3 Å². The number of hydrogen-bond acceptors (Lipinski definition) is 3. The fraction of sp³-hybridized carbons (Fsp3) is 0.200. The third kappa shape index (κ3) is 3.68. The molecule has 3 N–H and O–H groups in total. The second-order valence-electron chi connectivity index (χ2n) is 2.95. The van der Waals surface area contributed by atoms with Crippen LogP contribution >= 0.6 is 0 Å². The highest BCUT2D eigenvalue weighted by atomic mass is 16.4. The quantitative estimate of drug-likeness (QED) is 0.679. The standard InChI is InChI=1S/C10H11NO4/c12-9(13)5-6-11-8-3-1-7(2-4-8)10(14)15/h1-4,11H,5-6H2,(H,12,13)(H,14,15). The van der Waals surface area contributed by atoms with Crippen molar-refractivity contribution in [3.63, 3.8) is 0 Å². The molecule has 0 heterocycles. The number of aliphatic carboxylic acids is 1. The molecule has 0 amide bonds. The highest BCUT2D eigenvalue weighted by Gasteiger charge is 2.01. The first kappa shape index (κ1) is 11.0. The Balaban J connectivity index is 2.50. The van der Waals surface area contributed by atoms with E-state index in [4.69, 9.17) is 10.2 Å². The normalized spacial score (nSPS) is 9.60. The average molecular weight is 209 g/mol. The predicted octanol–water partition coefficient (Wildman–Crippen LogP) is 1.27. The van der Waals surface area contributed by atoms with Crippen LogP contribution in [-0.2, 0) is 4.79 Å². The molecule has 15 heavy (non-hydrogen) atoms. The summed E-state index contributed by atoms with van der Waals surface area (Å²) in [4.78, 5) is 20.7. The smallest absolute Gasteiger partial charge is 0.335 e. The molecule has 0 radical (unpaired) electrons. The molecule has 5 heteroatoms. The molecule has 0 fully saturated rings. The SMILES string of the molecule is O=C(O)CCNc1ccc(C(=O)O)cc1. The number of aromatic carboxylic acids is 1. The van der Waals surface area contributed by atoms with Gasteiger partial charge in [-0.15, -0.1) is 0 Å². The number of carbonyl (C=O) groups is 2. The lowest BCUT2D eigenvalue weighted by molar-refractivity contribution is -0.136. The lowest BCUT2D eigenvalue weighted by Gasteiger charge is -2.04. The molecule has 0 saturated heterocycles. The maximum Gasteiger partial charge on any atom is 0.335 e. The Hall–Kier alpha value is -2.04. The summed E-state index contributed by atoms with van der Waals surface area (Å²) in [5.41, 5.74) is 0.917. The first-order valence-corrected chi connectivity index (χ1v) is 4.38. The second-order valence-corrected chi connectivity index (χ2v) is 2.95. The van der Waals surface area contributed by atoms with Crippen molar-refractivity contribution in [2.75, 3.05) is 11.9 Å². The number of anilines is 1. The fourth-order valence-corrected chi connectivity index (χ4v) is 1.04.